The van der Waals surface area contributed by atoms with Gasteiger partial charge in [0.2, 0.25) is 0 Å². The maximum Gasteiger partial charge on any atom is 0.168 e. The van der Waals surface area contributed by atoms with E-state index in [0.29, 0.717) is 6.54 Å². The number of hydrogen-bond donors (Lipinski definition) is 1. The van der Waals surface area contributed by atoms with E-state index in [1.165, 1.54) is 5.56 Å². The van der Waals surface area contributed by atoms with Crippen LogP contribution in [0.15, 0.2) is 54.6 Å². The molecule has 20 heavy (non-hydrogen) atoms. The van der Waals surface area contributed by atoms with E-state index in [1.54, 1.807) is 0 Å². The first kappa shape index (κ1) is 12.6. The molecule has 0 saturated carbocycles. The monoisotopic (exact) mass is 264 g/mol. The third-order valence-electron chi connectivity index (χ3n) is 3.20. The van der Waals surface area contributed by atoms with Crippen molar-refractivity contribution in [1.82, 2.24) is 14.8 Å². The molecule has 3 aromatic rings. The number of hydrogen-bond acceptors (Lipinski definition) is 3. The maximum absolute atomic E-state index is 5.79. The summed E-state index contributed by atoms with van der Waals surface area (Å²) in [5.41, 5.74) is 9.05. The molecule has 0 spiro atoms. The second-order valence-electron chi connectivity index (χ2n) is 4.68. The number of para-hydroxylation sites is 1. The molecule has 0 aliphatic heterocycles. The molecule has 0 aliphatic rings. The van der Waals surface area contributed by atoms with Crippen molar-refractivity contribution < 1.29 is 0 Å². The normalized spacial score (nSPS) is 10.7. The van der Waals surface area contributed by atoms with Gasteiger partial charge in [0.15, 0.2) is 11.6 Å². The van der Waals surface area contributed by atoms with Crippen LogP contribution in [0.3, 0.4) is 0 Å². The first-order valence-corrected chi connectivity index (χ1v) is 6.56. The molecule has 4 nitrogen and oxygen atoms in total. The molecule has 0 fully saturated rings. The summed E-state index contributed by atoms with van der Waals surface area (Å²) in [7, 11) is 0. The van der Waals surface area contributed by atoms with Gasteiger partial charge in [-0.05, 0) is 25.1 Å². The Labute approximate surface area is 117 Å². The summed E-state index contributed by atoms with van der Waals surface area (Å²) < 4.78 is 2.01. The largest absolute Gasteiger partial charge is 0.324 e. The lowest BCUT2D eigenvalue weighted by Crippen LogP contribution is -2.07. The summed E-state index contributed by atoms with van der Waals surface area (Å²) in [6.07, 6.45) is 0. The Balaban J connectivity index is 2.20. The van der Waals surface area contributed by atoms with E-state index in [9.17, 15) is 0 Å². The van der Waals surface area contributed by atoms with Crippen LogP contribution in [0.4, 0.5) is 0 Å². The average molecular weight is 264 g/mol. The lowest BCUT2D eigenvalue weighted by molar-refractivity contribution is 0.861. The van der Waals surface area contributed by atoms with Crippen molar-refractivity contribution in [3.05, 3.63) is 66.0 Å². The van der Waals surface area contributed by atoms with Crippen molar-refractivity contribution in [2.45, 2.75) is 13.5 Å². The molecule has 0 bridgehead atoms. The predicted octanol–water partition coefficient (Wildman–Crippen LogP) is 2.70. The van der Waals surface area contributed by atoms with Gasteiger partial charge in [0.05, 0.1) is 6.54 Å². The minimum absolute atomic E-state index is 0.355. The van der Waals surface area contributed by atoms with Crippen LogP contribution in [0.25, 0.3) is 17.1 Å². The van der Waals surface area contributed by atoms with Crippen LogP contribution in [0.5, 0.6) is 0 Å². The molecule has 0 unspecified atom stereocenters. The minimum Gasteiger partial charge on any atom is -0.324 e. The highest BCUT2D eigenvalue weighted by molar-refractivity contribution is 5.59. The van der Waals surface area contributed by atoms with Crippen molar-refractivity contribution in [3.63, 3.8) is 0 Å². The Morgan fingerprint density at radius 2 is 1.80 bits per heavy atom. The summed E-state index contributed by atoms with van der Waals surface area (Å²) in [5.74, 6) is 1.58. The molecule has 100 valence electrons. The Morgan fingerprint density at radius 1 is 1.00 bits per heavy atom. The van der Waals surface area contributed by atoms with Crippen molar-refractivity contribution in [2.24, 2.45) is 5.73 Å². The minimum atomic E-state index is 0.355. The Kier molecular flexibility index (Phi) is 3.31. The van der Waals surface area contributed by atoms with E-state index >= 15 is 0 Å². The van der Waals surface area contributed by atoms with Gasteiger partial charge in [-0.15, -0.1) is 10.2 Å². The predicted molar refractivity (Wildman–Crippen MR) is 79.4 cm³/mol. The van der Waals surface area contributed by atoms with Crippen LogP contribution in [-0.2, 0) is 6.54 Å². The van der Waals surface area contributed by atoms with Gasteiger partial charge in [0.1, 0.15) is 0 Å². The highest BCUT2D eigenvalue weighted by Gasteiger charge is 2.14. The second-order valence-corrected chi connectivity index (χ2v) is 4.68. The Morgan fingerprint density at radius 3 is 2.50 bits per heavy atom. The summed E-state index contributed by atoms with van der Waals surface area (Å²) in [5, 5.41) is 8.51. The van der Waals surface area contributed by atoms with Crippen LogP contribution in [0.1, 0.15) is 11.4 Å². The van der Waals surface area contributed by atoms with E-state index in [0.717, 1.165) is 22.9 Å². The Hall–Kier alpha value is -2.46. The third-order valence-corrected chi connectivity index (χ3v) is 3.20. The molecule has 0 saturated heterocycles. The van der Waals surface area contributed by atoms with Gasteiger partial charge in [-0.3, -0.25) is 4.57 Å². The number of aromatic nitrogens is 3. The topological polar surface area (TPSA) is 56.7 Å². The van der Waals surface area contributed by atoms with Crippen molar-refractivity contribution in [2.75, 3.05) is 0 Å². The molecular weight excluding hydrogens is 248 g/mol. The molecule has 0 radical (unpaired) electrons. The van der Waals surface area contributed by atoms with Gasteiger partial charge in [0.25, 0.3) is 0 Å². The molecule has 4 heteroatoms. The molecule has 1 heterocycles. The lowest BCUT2D eigenvalue weighted by Gasteiger charge is -2.09. The third kappa shape index (κ3) is 2.21. The first-order valence-electron chi connectivity index (χ1n) is 6.56. The van der Waals surface area contributed by atoms with Crippen LogP contribution in [-0.4, -0.2) is 14.8 Å². The van der Waals surface area contributed by atoms with E-state index in [2.05, 4.69) is 29.3 Å². The summed E-state index contributed by atoms with van der Waals surface area (Å²) >= 11 is 0. The molecule has 0 amide bonds. The standard InChI is InChI=1S/C16H16N4/c1-12-6-5-7-13(10-12)16-19-18-15(11-17)20(16)14-8-3-2-4-9-14/h2-10H,11,17H2,1H3. The number of rotatable bonds is 3. The molecule has 2 N–H and O–H groups in total. The molecule has 2 aromatic carbocycles. The van der Waals surface area contributed by atoms with E-state index in [4.69, 9.17) is 5.73 Å². The van der Waals surface area contributed by atoms with Crippen molar-refractivity contribution in [1.29, 1.82) is 0 Å². The van der Waals surface area contributed by atoms with Crippen LogP contribution in [0, 0.1) is 6.92 Å². The van der Waals surface area contributed by atoms with E-state index in [1.807, 2.05) is 47.0 Å². The van der Waals surface area contributed by atoms with Crippen LogP contribution < -0.4 is 5.73 Å². The maximum atomic E-state index is 5.79. The van der Waals surface area contributed by atoms with Crippen LogP contribution >= 0.6 is 0 Å². The fourth-order valence-corrected chi connectivity index (χ4v) is 2.27. The summed E-state index contributed by atoms with van der Waals surface area (Å²) in [4.78, 5) is 0. The zero-order valence-corrected chi connectivity index (χ0v) is 11.3. The zero-order chi connectivity index (χ0) is 13.9. The number of nitrogens with zero attached hydrogens (tertiary/aromatic N) is 3. The van der Waals surface area contributed by atoms with Gasteiger partial charge in [-0.25, -0.2) is 0 Å². The molecule has 0 aliphatic carbocycles. The number of aryl methyl sites for hydroxylation is 1. The zero-order valence-electron chi connectivity index (χ0n) is 11.3. The molecule has 1 aromatic heterocycles. The average Bonchev–Trinajstić information content (AvgIpc) is 2.92. The van der Waals surface area contributed by atoms with Crippen molar-refractivity contribution in [3.8, 4) is 17.1 Å². The summed E-state index contributed by atoms with van der Waals surface area (Å²) in [6.45, 7) is 2.42. The molecular formula is C16H16N4. The van der Waals surface area contributed by atoms with E-state index in [-0.39, 0.29) is 0 Å². The van der Waals surface area contributed by atoms with Gasteiger partial charge in [-0.1, -0.05) is 42.0 Å². The number of nitrogens with two attached hydrogens (primary N) is 1. The Bertz CT molecular complexity index is 716. The lowest BCUT2D eigenvalue weighted by atomic mass is 10.1. The number of benzene rings is 2. The molecule has 0 atom stereocenters. The molecule has 3 rings (SSSR count). The quantitative estimate of drug-likeness (QED) is 0.791. The fraction of sp³-hybridized carbons (Fsp3) is 0.125. The second kappa shape index (κ2) is 5.27. The highest BCUT2D eigenvalue weighted by Crippen LogP contribution is 2.23. The van der Waals surface area contributed by atoms with Gasteiger partial charge in [-0.2, -0.15) is 0 Å². The fourth-order valence-electron chi connectivity index (χ4n) is 2.27. The van der Waals surface area contributed by atoms with Gasteiger partial charge >= 0.3 is 0 Å². The highest BCUT2D eigenvalue weighted by atomic mass is 15.3. The van der Waals surface area contributed by atoms with Gasteiger partial charge in [0, 0.05) is 11.3 Å². The van der Waals surface area contributed by atoms with E-state index < -0.39 is 0 Å². The SMILES string of the molecule is Cc1cccc(-c2nnc(CN)n2-c2ccccc2)c1. The first-order chi connectivity index (χ1) is 9.79. The van der Waals surface area contributed by atoms with Crippen molar-refractivity contribution >= 4 is 0 Å². The summed E-state index contributed by atoms with van der Waals surface area (Å²) in [6, 6.07) is 18.3. The smallest absolute Gasteiger partial charge is 0.168 e. The van der Waals surface area contributed by atoms with Crippen LogP contribution in [0.2, 0.25) is 0 Å². The van der Waals surface area contributed by atoms with Gasteiger partial charge < -0.3 is 5.73 Å².